The lowest BCUT2D eigenvalue weighted by Gasteiger charge is -2.19. The Bertz CT molecular complexity index is 1120. The summed E-state index contributed by atoms with van der Waals surface area (Å²) in [4.78, 5) is 12.4. The van der Waals surface area contributed by atoms with Gasteiger partial charge in [-0.3, -0.25) is 9.10 Å². The Hall–Kier alpha value is -2.90. The first-order valence-electron chi connectivity index (χ1n) is 8.19. The normalized spacial score (nSPS) is 11.1. The number of rotatable bonds is 5. The fourth-order valence-corrected chi connectivity index (χ4v) is 3.93. The molecule has 0 bridgehead atoms. The van der Waals surface area contributed by atoms with Crippen molar-refractivity contribution >= 4 is 38.9 Å². The number of sulfonamides is 1. The van der Waals surface area contributed by atoms with E-state index in [1.54, 1.807) is 30.3 Å². The Labute approximate surface area is 167 Å². The molecule has 0 heterocycles. The van der Waals surface area contributed by atoms with Crippen molar-refractivity contribution in [2.24, 2.45) is 0 Å². The van der Waals surface area contributed by atoms with Crippen LogP contribution >= 0.6 is 11.6 Å². The number of benzene rings is 3. The number of amides is 1. The number of nitrogens with zero attached hydrogens (tertiary/aromatic N) is 1. The molecule has 0 atom stereocenters. The van der Waals surface area contributed by atoms with Gasteiger partial charge in [0, 0.05) is 18.3 Å². The number of anilines is 2. The zero-order chi connectivity index (χ0) is 20.3. The lowest BCUT2D eigenvalue weighted by molar-refractivity contribution is 0.102. The van der Waals surface area contributed by atoms with E-state index in [-0.39, 0.29) is 15.5 Å². The van der Waals surface area contributed by atoms with Crippen LogP contribution in [0.4, 0.5) is 15.8 Å². The van der Waals surface area contributed by atoms with E-state index in [1.165, 1.54) is 43.4 Å². The van der Waals surface area contributed by atoms with E-state index in [4.69, 9.17) is 11.6 Å². The zero-order valence-corrected chi connectivity index (χ0v) is 16.3. The van der Waals surface area contributed by atoms with Gasteiger partial charge in [0.15, 0.2) is 0 Å². The minimum Gasteiger partial charge on any atom is -0.322 e. The molecule has 3 aromatic carbocycles. The van der Waals surface area contributed by atoms with Crippen LogP contribution in [-0.4, -0.2) is 21.4 Å². The zero-order valence-electron chi connectivity index (χ0n) is 14.8. The molecule has 3 rings (SSSR count). The van der Waals surface area contributed by atoms with Crippen LogP contribution in [0.3, 0.4) is 0 Å². The van der Waals surface area contributed by atoms with Gasteiger partial charge in [0.2, 0.25) is 0 Å². The average Bonchev–Trinajstić information content (AvgIpc) is 2.71. The van der Waals surface area contributed by atoms with Crippen molar-refractivity contribution in [3.05, 3.63) is 89.2 Å². The smallest absolute Gasteiger partial charge is 0.264 e. The number of halogens is 2. The Balaban J connectivity index is 1.87. The highest BCUT2D eigenvalue weighted by Gasteiger charge is 2.22. The maximum absolute atomic E-state index is 13.2. The molecule has 5 nitrogen and oxygen atoms in total. The van der Waals surface area contributed by atoms with E-state index >= 15 is 0 Å². The monoisotopic (exact) mass is 418 g/mol. The van der Waals surface area contributed by atoms with Gasteiger partial charge in [-0.25, -0.2) is 12.8 Å². The predicted molar refractivity (Wildman–Crippen MR) is 108 cm³/mol. The van der Waals surface area contributed by atoms with Gasteiger partial charge in [-0.1, -0.05) is 35.9 Å². The molecule has 0 aliphatic rings. The Morgan fingerprint density at radius 3 is 2.39 bits per heavy atom. The molecule has 0 radical (unpaired) electrons. The first kappa shape index (κ1) is 19.9. The van der Waals surface area contributed by atoms with Gasteiger partial charge < -0.3 is 5.32 Å². The summed E-state index contributed by atoms with van der Waals surface area (Å²) in [6.45, 7) is 0. The van der Waals surface area contributed by atoms with E-state index in [0.717, 1.165) is 10.4 Å². The Morgan fingerprint density at radius 1 is 1.00 bits per heavy atom. The lowest BCUT2D eigenvalue weighted by atomic mass is 10.2. The van der Waals surface area contributed by atoms with E-state index in [1.807, 2.05) is 0 Å². The third kappa shape index (κ3) is 4.16. The minimum absolute atomic E-state index is 0.0244. The van der Waals surface area contributed by atoms with Crippen LogP contribution in [0.1, 0.15) is 10.4 Å². The second-order valence-electron chi connectivity index (χ2n) is 5.92. The molecule has 8 heteroatoms. The molecule has 0 aromatic heterocycles. The van der Waals surface area contributed by atoms with Gasteiger partial charge in [0.1, 0.15) is 5.82 Å². The first-order valence-corrected chi connectivity index (χ1v) is 10.0. The third-order valence-corrected chi connectivity index (χ3v) is 6.12. The quantitative estimate of drug-likeness (QED) is 0.660. The number of hydrogen-bond donors (Lipinski definition) is 1. The highest BCUT2D eigenvalue weighted by molar-refractivity contribution is 7.92. The van der Waals surface area contributed by atoms with Gasteiger partial charge in [-0.05, 0) is 48.5 Å². The van der Waals surface area contributed by atoms with Crippen molar-refractivity contribution in [2.75, 3.05) is 16.7 Å². The van der Waals surface area contributed by atoms with Crippen LogP contribution in [0.2, 0.25) is 5.02 Å². The molecule has 28 heavy (non-hydrogen) atoms. The summed E-state index contributed by atoms with van der Waals surface area (Å²) in [5, 5.41) is 2.44. The van der Waals surface area contributed by atoms with Crippen LogP contribution in [-0.2, 0) is 10.0 Å². The van der Waals surface area contributed by atoms with Crippen LogP contribution in [0.5, 0.6) is 0 Å². The molecule has 0 aliphatic heterocycles. The van der Waals surface area contributed by atoms with Gasteiger partial charge in [-0.15, -0.1) is 0 Å². The van der Waals surface area contributed by atoms with Crippen molar-refractivity contribution in [2.45, 2.75) is 4.90 Å². The second kappa shape index (κ2) is 8.00. The van der Waals surface area contributed by atoms with Crippen molar-refractivity contribution in [3.8, 4) is 0 Å². The molecule has 0 aliphatic carbocycles. The summed E-state index contributed by atoms with van der Waals surface area (Å²) in [6.07, 6.45) is 0. The van der Waals surface area contributed by atoms with Crippen molar-refractivity contribution in [1.29, 1.82) is 0 Å². The van der Waals surface area contributed by atoms with Gasteiger partial charge in [0.25, 0.3) is 15.9 Å². The lowest BCUT2D eigenvalue weighted by Crippen LogP contribution is -2.26. The standard InChI is InChI=1S/C20H16ClFN2O3S/c1-24(16-7-3-2-4-8-16)28(26,27)17-9-5-6-14(12-17)20(25)23-15-10-11-19(22)18(21)13-15/h2-13H,1H3,(H,23,25). The summed E-state index contributed by atoms with van der Waals surface area (Å²) in [5.41, 5.74) is 0.937. The molecule has 1 N–H and O–H groups in total. The van der Waals surface area contributed by atoms with E-state index in [0.29, 0.717) is 11.4 Å². The van der Waals surface area contributed by atoms with Gasteiger partial charge in [-0.2, -0.15) is 0 Å². The van der Waals surface area contributed by atoms with Crippen LogP contribution in [0.25, 0.3) is 0 Å². The highest BCUT2D eigenvalue weighted by atomic mass is 35.5. The minimum atomic E-state index is -3.85. The third-order valence-electron chi connectivity index (χ3n) is 4.05. The van der Waals surface area contributed by atoms with E-state index < -0.39 is 21.7 Å². The summed E-state index contributed by atoms with van der Waals surface area (Å²) in [5.74, 6) is -1.14. The van der Waals surface area contributed by atoms with Crippen LogP contribution in [0.15, 0.2) is 77.7 Å². The SMILES string of the molecule is CN(c1ccccc1)S(=O)(=O)c1cccc(C(=O)Nc2ccc(F)c(Cl)c2)c1. The largest absolute Gasteiger partial charge is 0.322 e. The molecule has 3 aromatic rings. The summed E-state index contributed by atoms with van der Waals surface area (Å²) >= 11 is 5.71. The van der Waals surface area contributed by atoms with Crippen molar-refractivity contribution in [1.82, 2.24) is 0 Å². The maximum atomic E-state index is 13.2. The summed E-state index contributed by atoms with van der Waals surface area (Å²) < 4.78 is 40.2. The highest BCUT2D eigenvalue weighted by Crippen LogP contribution is 2.23. The number of para-hydroxylation sites is 1. The van der Waals surface area contributed by atoms with Gasteiger partial charge in [0.05, 0.1) is 15.6 Å². The molecule has 0 saturated heterocycles. The number of nitrogens with one attached hydrogen (secondary N) is 1. The molecule has 0 saturated carbocycles. The molecule has 144 valence electrons. The Kier molecular flexibility index (Phi) is 5.67. The van der Waals surface area contributed by atoms with Crippen LogP contribution < -0.4 is 9.62 Å². The topological polar surface area (TPSA) is 66.5 Å². The van der Waals surface area contributed by atoms with Crippen LogP contribution in [0, 0.1) is 5.82 Å². The predicted octanol–water partition coefficient (Wildman–Crippen LogP) is 4.56. The van der Waals surface area contributed by atoms with Crippen molar-refractivity contribution < 1.29 is 17.6 Å². The molecular weight excluding hydrogens is 403 g/mol. The molecular formula is C20H16ClFN2O3S. The molecule has 1 amide bonds. The number of carbonyl (C=O) groups excluding carboxylic acids is 1. The number of hydrogen-bond acceptors (Lipinski definition) is 3. The fourth-order valence-electron chi connectivity index (χ4n) is 2.51. The molecule has 0 fully saturated rings. The maximum Gasteiger partial charge on any atom is 0.264 e. The Morgan fingerprint density at radius 2 is 1.71 bits per heavy atom. The molecule has 0 spiro atoms. The van der Waals surface area contributed by atoms with E-state index in [2.05, 4.69) is 5.32 Å². The van der Waals surface area contributed by atoms with Gasteiger partial charge >= 0.3 is 0 Å². The first-order chi connectivity index (χ1) is 13.3. The van der Waals surface area contributed by atoms with Crippen molar-refractivity contribution in [3.63, 3.8) is 0 Å². The summed E-state index contributed by atoms with van der Waals surface area (Å²) in [6, 6.07) is 18.1. The van der Waals surface area contributed by atoms with E-state index in [9.17, 15) is 17.6 Å². The molecule has 0 unspecified atom stereocenters. The fraction of sp³-hybridized carbons (Fsp3) is 0.0500. The second-order valence-corrected chi connectivity index (χ2v) is 8.30. The average molecular weight is 419 g/mol. The number of carbonyl (C=O) groups is 1. The summed E-state index contributed by atoms with van der Waals surface area (Å²) in [7, 11) is -2.41.